The molecule has 28 heavy (non-hydrogen) atoms. The Morgan fingerprint density at radius 2 is 1.93 bits per heavy atom. The number of hydrogen-bond donors (Lipinski definition) is 3. The van der Waals surface area contributed by atoms with Crippen molar-refractivity contribution < 1.29 is 13.9 Å². The Morgan fingerprint density at radius 1 is 1.21 bits per heavy atom. The molecule has 1 aromatic rings. The lowest BCUT2D eigenvalue weighted by Gasteiger charge is -2.37. The van der Waals surface area contributed by atoms with Crippen molar-refractivity contribution in [3.63, 3.8) is 0 Å². The Balaban J connectivity index is 1.66. The molecule has 2 heterocycles. The van der Waals surface area contributed by atoms with E-state index in [9.17, 15) is 4.79 Å². The third kappa shape index (κ3) is 6.83. The monoisotopic (exact) mass is 393 g/mol. The average Bonchev–Trinajstić information content (AvgIpc) is 3.12. The van der Waals surface area contributed by atoms with E-state index in [1.54, 1.807) is 13.1 Å². The van der Waals surface area contributed by atoms with Gasteiger partial charge in [-0.25, -0.2) is 0 Å². The summed E-state index contributed by atoms with van der Waals surface area (Å²) in [5.74, 6) is 1.54. The lowest BCUT2D eigenvalue weighted by molar-refractivity contribution is 0.00752. The van der Waals surface area contributed by atoms with Crippen LogP contribution in [0.25, 0.3) is 0 Å². The molecule has 158 valence electrons. The van der Waals surface area contributed by atoms with Gasteiger partial charge in [-0.2, -0.15) is 0 Å². The number of amides is 1. The summed E-state index contributed by atoms with van der Waals surface area (Å²) in [6.45, 7) is 12.1. The quantitative estimate of drug-likeness (QED) is 0.332. The van der Waals surface area contributed by atoms with E-state index in [2.05, 4.69) is 39.7 Å². The number of aryl methyl sites for hydroxylation is 1. The van der Waals surface area contributed by atoms with Crippen molar-refractivity contribution in [3.8, 4) is 0 Å². The summed E-state index contributed by atoms with van der Waals surface area (Å²) in [6.07, 6.45) is 2.33. The van der Waals surface area contributed by atoms with Crippen LogP contribution in [0.4, 0.5) is 0 Å². The maximum absolute atomic E-state index is 12.0. The van der Waals surface area contributed by atoms with E-state index in [0.29, 0.717) is 24.3 Å². The van der Waals surface area contributed by atoms with Crippen molar-refractivity contribution in [1.29, 1.82) is 0 Å². The van der Waals surface area contributed by atoms with Crippen LogP contribution in [0.2, 0.25) is 0 Å². The van der Waals surface area contributed by atoms with Crippen molar-refractivity contribution in [2.45, 2.75) is 33.2 Å². The summed E-state index contributed by atoms with van der Waals surface area (Å²) in [5, 5.41) is 9.61. The minimum absolute atomic E-state index is 0.171. The molecule has 0 aliphatic carbocycles. The van der Waals surface area contributed by atoms with Gasteiger partial charge in [0.25, 0.3) is 5.91 Å². The smallest absolute Gasteiger partial charge is 0.287 e. The summed E-state index contributed by atoms with van der Waals surface area (Å²) in [6, 6.07) is 2.23. The Labute approximate surface area is 168 Å². The van der Waals surface area contributed by atoms with Crippen molar-refractivity contribution in [3.05, 3.63) is 23.7 Å². The molecule has 0 saturated carbocycles. The van der Waals surface area contributed by atoms with Gasteiger partial charge in [0.05, 0.1) is 19.5 Å². The van der Waals surface area contributed by atoms with Gasteiger partial charge in [0.15, 0.2) is 11.7 Å². The zero-order chi connectivity index (χ0) is 20.4. The molecule has 1 atom stereocenters. The van der Waals surface area contributed by atoms with Gasteiger partial charge in [-0.3, -0.25) is 14.7 Å². The molecule has 1 fully saturated rings. The fourth-order valence-corrected chi connectivity index (χ4v) is 3.30. The predicted molar refractivity (Wildman–Crippen MR) is 111 cm³/mol. The number of aliphatic imine (C=N–C) groups is 1. The van der Waals surface area contributed by atoms with E-state index in [4.69, 9.17) is 9.15 Å². The van der Waals surface area contributed by atoms with E-state index in [1.807, 2.05) is 6.92 Å². The second kappa shape index (κ2) is 11.7. The zero-order valence-electron chi connectivity index (χ0n) is 17.6. The van der Waals surface area contributed by atoms with Crippen LogP contribution in [0.15, 0.2) is 21.7 Å². The maximum atomic E-state index is 12.0. The Hall–Kier alpha value is -2.06. The second-order valence-corrected chi connectivity index (χ2v) is 7.38. The van der Waals surface area contributed by atoms with Gasteiger partial charge in [0.2, 0.25) is 0 Å². The maximum Gasteiger partial charge on any atom is 0.287 e. The van der Waals surface area contributed by atoms with Crippen LogP contribution in [-0.2, 0) is 4.74 Å². The van der Waals surface area contributed by atoms with Crippen molar-refractivity contribution in [2.24, 2.45) is 10.9 Å². The number of morpholine rings is 1. The number of nitrogens with one attached hydrogen (secondary N) is 3. The Morgan fingerprint density at radius 3 is 2.54 bits per heavy atom. The highest BCUT2D eigenvalue weighted by atomic mass is 16.5. The average molecular weight is 394 g/mol. The van der Waals surface area contributed by atoms with E-state index >= 15 is 0 Å². The van der Waals surface area contributed by atoms with Crippen LogP contribution in [0.3, 0.4) is 0 Å². The largest absolute Gasteiger partial charge is 0.459 e. The van der Waals surface area contributed by atoms with Crippen LogP contribution < -0.4 is 16.0 Å². The number of carbonyl (C=O) groups is 1. The van der Waals surface area contributed by atoms with Crippen LogP contribution in [0.1, 0.15) is 36.4 Å². The molecule has 0 aromatic carbocycles. The second-order valence-electron chi connectivity index (χ2n) is 7.38. The number of rotatable bonds is 9. The lowest BCUT2D eigenvalue weighted by atomic mass is 10.0. The zero-order valence-corrected chi connectivity index (χ0v) is 17.6. The molecule has 0 spiro atoms. The van der Waals surface area contributed by atoms with Crippen LogP contribution >= 0.6 is 0 Å². The molecule has 0 radical (unpaired) electrons. The minimum Gasteiger partial charge on any atom is -0.459 e. The molecular weight excluding hydrogens is 358 g/mol. The molecule has 8 heteroatoms. The van der Waals surface area contributed by atoms with Gasteiger partial charge in [-0.05, 0) is 25.3 Å². The normalized spacial score (nSPS) is 16.8. The standard InChI is InChI=1S/C20H35N5O3/c1-15(2)17(25-9-12-27-13-10-25)14-24-20(21-4)23-8-5-7-22-19(26)18-16(3)6-11-28-18/h6,11,15,17H,5,7-10,12-14H2,1-4H3,(H,22,26)(H2,21,23,24). The van der Waals surface area contributed by atoms with Gasteiger partial charge in [0.1, 0.15) is 0 Å². The van der Waals surface area contributed by atoms with Crippen LogP contribution in [0.5, 0.6) is 0 Å². The third-order valence-corrected chi connectivity index (χ3v) is 4.99. The Bertz CT molecular complexity index is 623. The molecule has 1 unspecified atom stereocenters. The van der Waals surface area contributed by atoms with Crippen LogP contribution in [-0.4, -0.2) is 75.8 Å². The molecule has 0 bridgehead atoms. The number of guanidine groups is 1. The fraction of sp³-hybridized carbons (Fsp3) is 0.700. The SMILES string of the molecule is CN=C(NCCCNC(=O)c1occc1C)NCC(C(C)C)N1CCOCC1. The van der Waals surface area contributed by atoms with E-state index < -0.39 is 0 Å². The topological polar surface area (TPSA) is 91.1 Å². The highest BCUT2D eigenvalue weighted by molar-refractivity contribution is 5.92. The molecule has 2 rings (SSSR count). The molecule has 3 N–H and O–H groups in total. The van der Waals surface area contributed by atoms with Gasteiger partial charge in [-0.1, -0.05) is 13.8 Å². The van der Waals surface area contributed by atoms with E-state index in [1.165, 1.54) is 6.26 Å². The summed E-state index contributed by atoms with van der Waals surface area (Å²) in [7, 11) is 1.77. The lowest BCUT2D eigenvalue weighted by Crippen LogP contribution is -2.52. The van der Waals surface area contributed by atoms with Gasteiger partial charge >= 0.3 is 0 Å². The summed E-state index contributed by atoms with van der Waals surface area (Å²) >= 11 is 0. The predicted octanol–water partition coefficient (Wildman–Crippen LogP) is 1.23. The summed E-state index contributed by atoms with van der Waals surface area (Å²) in [5.41, 5.74) is 0.847. The molecule has 8 nitrogen and oxygen atoms in total. The molecular formula is C20H35N5O3. The summed E-state index contributed by atoms with van der Waals surface area (Å²) in [4.78, 5) is 18.8. The first-order valence-electron chi connectivity index (χ1n) is 10.1. The number of carbonyl (C=O) groups excluding carboxylic acids is 1. The van der Waals surface area contributed by atoms with Gasteiger partial charge in [-0.15, -0.1) is 0 Å². The van der Waals surface area contributed by atoms with Gasteiger partial charge < -0.3 is 25.1 Å². The first-order valence-corrected chi connectivity index (χ1v) is 10.1. The minimum atomic E-state index is -0.171. The fourth-order valence-electron chi connectivity index (χ4n) is 3.30. The third-order valence-electron chi connectivity index (χ3n) is 4.99. The number of furan rings is 1. The first kappa shape index (κ1) is 22.2. The van der Waals surface area contributed by atoms with Crippen molar-refractivity contribution in [2.75, 3.05) is 53.0 Å². The summed E-state index contributed by atoms with van der Waals surface area (Å²) < 4.78 is 10.7. The van der Waals surface area contributed by atoms with E-state index in [0.717, 1.165) is 57.3 Å². The first-order chi connectivity index (χ1) is 13.5. The highest BCUT2D eigenvalue weighted by Gasteiger charge is 2.23. The van der Waals surface area contributed by atoms with E-state index in [-0.39, 0.29) is 5.91 Å². The number of hydrogen-bond acceptors (Lipinski definition) is 5. The number of ether oxygens (including phenoxy) is 1. The van der Waals surface area contributed by atoms with Crippen molar-refractivity contribution >= 4 is 11.9 Å². The van der Waals surface area contributed by atoms with Gasteiger partial charge in [0, 0.05) is 51.4 Å². The highest BCUT2D eigenvalue weighted by Crippen LogP contribution is 2.12. The van der Waals surface area contributed by atoms with Crippen molar-refractivity contribution in [1.82, 2.24) is 20.9 Å². The molecule has 1 amide bonds. The molecule has 1 aliphatic heterocycles. The molecule has 1 aromatic heterocycles. The van der Waals surface area contributed by atoms with Crippen LogP contribution in [0, 0.1) is 12.8 Å². The Kier molecular flexibility index (Phi) is 9.30. The number of nitrogens with zero attached hydrogens (tertiary/aromatic N) is 2. The molecule has 1 aliphatic rings. The molecule has 1 saturated heterocycles.